The zero-order valence-electron chi connectivity index (χ0n) is 12.7. The van der Waals surface area contributed by atoms with Crippen LogP contribution in [0.1, 0.15) is 53.9 Å². The lowest BCUT2D eigenvalue weighted by molar-refractivity contribution is 0.199. The van der Waals surface area contributed by atoms with E-state index in [9.17, 15) is 4.39 Å². The van der Waals surface area contributed by atoms with Crippen molar-refractivity contribution in [2.45, 2.75) is 70.3 Å². The van der Waals surface area contributed by atoms with E-state index in [-0.39, 0.29) is 5.54 Å². The first-order chi connectivity index (χ1) is 7.94. The lowest BCUT2D eigenvalue weighted by Crippen LogP contribution is -2.37. The summed E-state index contributed by atoms with van der Waals surface area (Å²) in [5.74, 6) is 0.860. The quantitative estimate of drug-likeness (QED) is 0.375. The molecule has 0 aliphatic carbocycles. The van der Waals surface area contributed by atoms with Crippen molar-refractivity contribution in [2.24, 2.45) is 0 Å². The molecule has 0 rings (SSSR count). The monoisotopic (exact) mass is 269 g/mol. The second-order valence-corrected chi connectivity index (χ2v) is 7.40. The van der Waals surface area contributed by atoms with E-state index in [1.165, 1.54) is 0 Å². The maximum atomic E-state index is 14.1. The summed E-state index contributed by atoms with van der Waals surface area (Å²) in [6.45, 7) is 9.83. The van der Waals surface area contributed by atoms with Crippen molar-refractivity contribution < 1.29 is 4.39 Å². The van der Waals surface area contributed by atoms with Crippen LogP contribution < -0.4 is 0 Å². The highest BCUT2D eigenvalue weighted by Gasteiger charge is 2.35. The van der Waals surface area contributed by atoms with Crippen LogP contribution in [0.15, 0.2) is 0 Å². The number of alkyl halides is 1. The highest BCUT2D eigenvalue weighted by Crippen LogP contribution is 2.39. The Morgan fingerprint density at radius 2 is 1.67 bits per heavy atom. The van der Waals surface area contributed by atoms with Gasteiger partial charge in [0, 0.05) is 11.3 Å². The molecule has 0 spiro atoms. The molecule has 0 aromatic carbocycles. The summed E-state index contributed by atoms with van der Waals surface area (Å²) in [6.07, 6.45) is 2.10. The molecule has 0 aliphatic heterocycles. The molecule has 4 radical (unpaired) electrons. The van der Waals surface area contributed by atoms with E-state index >= 15 is 0 Å². The molecule has 0 saturated heterocycles. The highest BCUT2D eigenvalue weighted by atomic mass is 32.2. The van der Waals surface area contributed by atoms with Gasteiger partial charge in [-0.25, -0.2) is 4.31 Å². The van der Waals surface area contributed by atoms with Gasteiger partial charge < -0.3 is 0 Å². The fourth-order valence-electron chi connectivity index (χ4n) is 1.25. The highest BCUT2D eigenvalue weighted by molar-refractivity contribution is 7.97. The number of rotatable bonds is 8. The number of nitrogens with zero attached hydrogens (tertiary/aromatic N) is 1. The van der Waals surface area contributed by atoms with Crippen LogP contribution in [0.5, 0.6) is 0 Å². The van der Waals surface area contributed by atoms with Crippen molar-refractivity contribution in [3.05, 3.63) is 0 Å². The molecule has 102 valence electrons. The Hall–Kier alpha value is 0.370. The maximum absolute atomic E-state index is 14.1. The maximum Gasteiger partial charge on any atom is 0.120 e. The Morgan fingerprint density at radius 3 is 2.06 bits per heavy atom. The summed E-state index contributed by atoms with van der Waals surface area (Å²) >= 11 is 1.73. The first-order valence-electron chi connectivity index (χ1n) is 6.57. The summed E-state index contributed by atoms with van der Waals surface area (Å²) in [5.41, 5.74) is -1.64. The van der Waals surface area contributed by atoms with Crippen LogP contribution in [0.3, 0.4) is 0 Å². The molecule has 1 nitrogen and oxygen atoms in total. The van der Waals surface area contributed by atoms with Gasteiger partial charge in [0.2, 0.25) is 0 Å². The molecule has 0 aliphatic rings. The summed E-state index contributed by atoms with van der Waals surface area (Å²) in [5, 5.41) is -0.994. The smallest absolute Gasteiger partial charge is 0.120 e. The zero-order chi connectivity index (χ0) is 14.6. The lowest BCUT2D eigenvalue weighted by Gasteiger charge is -2.37. The normalized spacial score (nSPS) is 16.9. The predicted octanol–water partition coefficient (Wildman–Crippen LogP) is 3.74. The Kier molecular flexibility index (Phi) is 6.83. The topological polar surface area (TPSA) is 3.24 Å². The third-order valence-electron chi connectivity index (χ3n) is 3.76. The van der Waals surface area contributed by atoms with Gasteiger partial charge in [-0.15, -0.1) is 0 Å². The Labute approximate surface area is 120 Å². The van der Waals surface area contributed by atoms with Crippen LogP contribution in [0, 0.1) is 0 Å². The molecule has 1 unspecified atom stereocenters. The van der Waals surface area contributed by atoms with Crippen LogP contribution in [0.2, 0.25) is 5.31 Å². The summed E-state index contributed by atoms with van der Waals surface area (Å²) in [4.78, 5) is 0. The fourth-order valence-corrected chi connectivity index (χ4v) is 2.28. The first-order valence-corrected chi connectivity index (χ1v) is 7.52. The molecule has 0 fully saturated rings. The minimum absolute atomic E-state index is 0.160. The average Bonchev–Trinajstić information content (AvgIpc) is 2.22. The van der Waals surface area contributed by atoms with Crippen molar-refractivity contribution in [1.82, 2.24) is 4.31 Å². The molecule has 18 heavy (non-hydrogen) atoms. The van der Waals surface area contributed by atoms with Crippen LogP contribution in [0.25, 0.3) is 0 Å². The summed E-state index contributed by atoms with van der Waals surface area (Å²) in [6, 6.07) is 0. The SMILES string of the molecule is [B]C(C)(C)C([B])(F)CCCSN(C)C(C)(C)CC. The van der Waals surface area contributed by atoms with Crippen LogP contribution in [-0.2, 0) is 0 Å². The summed E-state index contributed by atoms with van der Waals surface area (Å²) in [7, 11) is 13.4. The van der Waals surface area contributed by atoms with E-state index in [0.717, 1.165) is 18.6 Å². The van der Waals surface area contributed by atoms with Gasteiger partial charge in [-0.1, -0.05) is 32.7 Å². The molecule has 5 heteroatoms. The van der Waals surface area contributed by atoms with Gasteiger partial charge >= 0.3 is 0 Å². The second kappa shape index (κ2) is 6.69. The van der Waals surface area contributed by atoms with Gasteiger partial charge in [-0.3, -0.25) is 4.39 Å². The Bertz CT molecular complexity index is 252. The largest absolute Gasteiger partial charge is 0.255 e. The minimum atomic E-state index is -1.80. The number of halogens is 1. The summed E-state index contributed by atoms with van der Waals surface area (Å²) < 4.78 is 16.3. The van der Waals surface area contributed by atoms with Gasteiger partial charge in [0.15, 0.2) is 0 Å². The molecule has 0 aromatic rings. The number of hydrogen-bond donors (Lipinski definition) is 0. The van der Waals surface area contributed by atoms with E-state index in [0.29, 0.717) is 6.42 Å². The molecule has 0 bridgehead atoms. The van der Waals surface area contributed by atoms with Gasteiger partial charge in [-0.2, -0.15) is 0 Å². The van der Waals surface area contributed by atoms with Gasteiger partial charge in [0.25, 0.3) is 0 Å². The fraction of sp³-hybridized carbons (Fsp3) is 1.00. The third kappa shape index (κ3) is 5.56. The van der Waals surface area contributed by atoms with Crippen molar-refractivity contribution >= 4 is 27.6 Å². The van der Waals surface area contributed by atoms with E-state index in [1.54, 1.807) is 25.8 Å². The third-order valence-corrected chi connectivity index (χ3v) is 5.11. The standard InChI is InChI=1S/C13H26B2FNS/c1-7-11(2,3)17(6)18-10-8-9-13(15,16)12(4,5)14/h7-10H2,1-6H3. The van der Waals surface area contributed by atoms with Crippen molar-refractivity contribution in [1.29, 1.82) is 0 Å². The van der Waals surface area contributed by atoms with Gasteiger partial charge in [0.05, 0.1) is 13.4 Å². The van der Waals surface area contributed by atoms with E-state index < -0.39 is 10.9 Å². The van der Waals surface area contributed by atoms with Gasteiger partial charge in [0.1, 0.15) is 7.85 Å². The molecular formula is C13H26B2FNS. The van der Waals surface area contributed by atoms with Crippen molar-refractivity contribution in [3.63, 3.8) is 0 Å². The minimum Gasteiger partial charge on any atom is -0.255 e. The first kappa shape index (κ1) is 18.4. The number of hydrogen-bond acceptors (Lipinski definition) is 2. The van der Waals surface area contributed by atoms with Gasteiger partial charge in [-0.05, 0) is 45.5 Å². The zero-order valence-corrected chi connectivity index (χ0v) is 13.5. The van der Waals surface area contributed by atoms with E-state index in [4.69, 9.17) is 15.7 Å². The molecule has 0 heterocycles. The molecule has 1 atom stereocenters. The molecule has 0 saturated carbocycles. The Morgan fingerprint density at radius 1 is 1.17 bits per heavy atom. The van der Waals surface area contributed by atoms with Crippen LogP contribution in [0.4, 0.5) is 4.39 Å². The molecule has 0 amide bonds. The lowest BCUT2D eigenvalue weighted by atomic mass is 9.53. The average molecular weight is 269 g/mol. The van der Waals surface area contributed by atoms with Crippen LogP contribution >= 0.6 is 11.9 Å². The Balaban J connectivity index is 4.02. The molecule has 0 N–H and O–H groups in total. The van der Waals surface area contributed by atoms with Crippen molar-refractivity contribution in [2.75, 3.05) is 12.8 Å². The van der Waals surface area contributed by atoms with E-state index in [1.807, 2.05) is 0 Å². The van der Waals surface area contributed by atoms with Crippen LogP contribution in [-0.4, -0.2) is 43.9 Å². The molecular weight excluding hydrogens is 243 g/mol. The second-order valence-electron chi connectivity index (χ2n) is 6.18. The molecule has 0 aromatic heterocycles. The predicted molar refractivity (Wildman–Crippen MR) is 83.2 cm³/mol. The van der Waals surface area contributed by atoms with E-state index in [2.05, 4.69) is 32.1 Å². The van der Waals surface area contributed by atoms with Crippen molar-refractivity contribution in [3.8, 4) is 0 Å².